The second-order valence-electron chi connectivity index (χ2n) is 10.6. The Kier molecular flexibility index (Phi) is 7.22. The quantitative estimate of drug-likeness (QED) is 0.534. The Morgan fingerprint density at radius 1 is 1.00 bits per heavy atom. The fourth-order valence-corrected chi connectivity index (χ4v) is 6.03. The number of imide groups is 1. The summed E-state index contributed by atoms with van der Waals surface area (Å²) in [6, 6.07) is 5.82. The number of piperazine rings is 1. The second kappa shape index (κ2) is 10.5. The monoisotopic (exact) mass is 476 g/mol. The van der Waals surface area contributed by atoms with Gasteiger partial charge < -0.3 is 4.90 Å². The molecule has 7 nitrogen and oxygen atoms in total. The minimum absolute atomic E-state index is 0.150. The molecule has 4 aliphatic rings. The summed E-state index contributed by atoms with van der Waals surface area (Å²) in [5.74, 6) is 6.71. The Labute approximate surface area is 208 Å². The maximum absolute atomic E-state index is 13.0. The first kappa shape index (κ1) is 24.0. The van der Waals surface area contributed by atoms with Crippen molar-refractivity contribution in [2.24, 2.45) is 5.92 Å². The highest BCUT2D eigenvalue weighted by molar-refractivity contribution is 6.05. The molecule has 1 aliphatic carbocycles. The molecule has 7 heteroatoms. The summed E-state index contributed by atoms with van der Waals surface area (Å²) in [6.07, 6.45) is 6.90. The van der Waals surface area contributed by atoms with E-state index in [1.54, 1.807) is 11.0 Å². The molecule has 1 aromatic carbocycles. The maximum Gasteiger partial charge on any atom is 0.255 e. The number of nitrogens with one attached hydrogen (secondary N) is 1. The van der Waals surface area contributed by atoms with Crippen molar-refractivity contribution in [3.8, 4) is 11.8 Å². The van der Waals surface area contributed by atoms with Crippen LogP contribution in [0.15, 0.2) is 18.2 Å². The SMILES string of the molecule is CC1CCC(N2CCN(CCC#Cc3cccc4c3CN(C3CCC(=O)NC3=O)C4=O)CC2)CC1. The Morgan fingerprint density at radius 2 is 1.77 bits per heavy atom. The molecular weight excluding hydrogens is 440 g/mol. The van der Waals surface area contributed by atoms with Crippen LogP contribution in [-0.2, 0) is 16.1 Å². The van der Waals surface area contributed by atoms with Crippen LogP contribution in [0.25, 0.3) is 0 Å². The normalized spacial score (nSPS) is 27.9. The van der Waals surface area contributed by atoms with Crippen LogP contribution in [0.4, 0.5) is 0 Å². The number of carbonyl (C=O) groups is 3. The van der Waals surface area contributed by atoms with E-state index in [9.17, 15) is 14.4 Å². The van der Waals surface area contributed by atoms with E-state index >= 15 is 0 Å². The van der Waals surface area contributed by atoms with Crippen molar-refractivity contribution in [2.45, 2.75) is 70.5 Å². The molecule has 186 valence electrons. The zero-order valence-electron chi connectivity index (χ0n) is 20.7. The van der Waals surface area contributed by atoms with E-state index in [2.05, 4.69) is 33.9 Å². The molecule has 3 aliphatic heterocycles. The summed E-state index contributed by atoms with van der Waals surface area (Å²) in [6.45, 7) is 8.28. The van der Waals surface area contributed by atoms with Gasteiger partial charge in [0.2, 0.25) is 11.8 Å². The highest BCUT2D eigenvalue weighted by Gasteiger charge is 2.39. The molecule has 5 rings (SSSR count). The predicted molar refractivity (Wildman–Crippen MR) is 133 cm³/mol. The Bertz CT molecular complexity index is 1040. The average molecular weight is 477 g/mol. The molecule has 1 aromatic rings. The summed E-state index contributed by atoms with van der Waals surface area (Å²) in [5.41, 5.74) is 2.38. The van der Waals surface area contributed by atoms with Crippen molar-refractivity contribution in [1.29, 1.82) is 0 Å². The zero-order chi connectivity index (χ0) is 24.4. The van der Waals surface area contributed by atoms with Gasteiger partial charge in [0.15, 0.2) is 0 Å². The molecule has 0 aromatic heterocycles. The number of nitrogens with zero attached hydrogens (tertiary/aromatic N) is 3. The number of amides is 3. The second-order valence-corrected chi connectivity index (χ2v) is 10.6. The van der Waals surface area contributed by atoms with Gasteiger partial charge in [0.1, 0.15) is 6.04 Å². The molecule has 2 saturated heterocycles. The molecule has 0 radical (unpaired) electrons. The van der Waals surface area contributed by atoms with Crippen LogP contribution >= 0.6 is 0 Å². The van der Waals surface area contributed by atoms with Gasteiger partial charge in [-0.2, -0.15) is 0 Å². The first-order chi connectivity index (χ1) is 17.0. The molecule has 1 N–H and O–H groups in total. The van der Waals surface area contributed by atoms with Crippen molar-refractivity contribution >= 4 is 17.7 Å². The van der Waals surface area contributed by atoms with Crippen molar-refractivity contribution in [1.82, 2.24) is 20.0 Å². The largest absolute Gasteiger partial charge is 0.322 e. The summed E-state index contributed by atoms with van der Waals surface area (Å²) >= 11 is 0. The van der Waals surface area contributed by atoms with Crippen molar-refractivity contribution < 1.29 is 14.4 Å². The molecular formula is C28H36N4O3. The summed E-state index contributed by atoms with van der Waals surface area (Å²) in [4.78, 5) is 43.6. The lowest BCUT2D eigenvalue weighted by molar-refractivity contribution is -0.136. The number of carbonyl (C=O) groups excluding carboxylic acids is 3. The average Bonchev–Trinajstić information content (AvgIpc) is 3.20. The number of hydrogen-bond donors (Lipinski definition) is 1. The molecule has 35 heavy (non-hydrogen) atoms. The lowest BCUT2D eigenvalue weighted by atomic mass is 9.86. The molecule has 1 saturated carbocycles. The highest BCUT2D eigenvalue weighted by atomic mass is 16.2. The van der Waals surface area contributed by atoms with Crippen LogP contribution in [0.5, 0.6) is 0 Å². The molecule has 0 spiro atoms. The van der Waals surface area contributed by atoms with E-state index in [1.165, 1.54) is 25.7 Å². The zero-order valence-corrected chi connectivity index (χ0v) is 20.7. The first-order valence-electron chi connectivity index (χ1n) is 13.2. The molecule has 1 atom stereocenters. The van der Waals surface area contributed by atoms with Gasteiger partial charge in [0.25, 0.3) is 5.91 Å². The third kappa shape index (κ3) is 5.29. The molecule has 0 bridgehead atoms. The maximum atomic E-state index is 13.0. The number of benzene rings is 1. The standard InChI is InChI=1S/C28H36N4O3/c1-20-8-10-22(11-9-20)31-17-15-30(16-18-31)14-3-2-5-21-6-4-7-23-24(21)19-32(28(23)35)25-12-13-26(33)29-27(25)34/h4,6-7,20,22,25H,3,8-19H2,1H3,(H,29,33,34). The fourth-order valence-electron chi connectivity index (χ4n) is 6.03. The van der Waals surface area contributed by atoms with Crippen LogP contribution in [0.1, 0.15) is 73.4 Å². The van der Waals surface area contributed by atoms with E-state index in [-0.39, 0.29) is 24.1 Å². The minimum Gasteiger partial charge on any atom is -0.322 e. The Balaban J connectivity index is 1.13. The van der Waals surface area contributed by atoms with Crippen molar-refractivity contribution in [2.75, 3.05) is 32.7 Å². The van der Waals surface area contributed by atoms with Crippen molar-refractivity contribution in [3.63, 3.8) is 0 Å². The van der Waals surface area contributed by atoms with E-state index in [1.807, 2.05) is 12.1 Å². The highest BCUT2D eigenvalue weighted by Crippen LogP contribution is 2.30. The van der Waals surface area contributed by atoms with Crippen LogP contribution in [-0.4, -0.2) is 77.2 Å². The molecule has 1 unspecified atom stereocenters. The third-order valence-corrected chi connectivity index (χ3v) is 8.27. The first-order valence-corrected chi connectivity index (χ1v) is 13.2. The fraction of sp³-hybridized carbons (Fsp3) is 0.607. The van der Waals surface area contributed by atoms with Crippen LogP contribution in [0, 0.1) is 17.8 Å². The van der Waals surface area contributed by atoms with Crippen LogP contribution < -0.4 is 5.32 Å². The Hall–Kier alpha value is -2.69. The van der Waals surface area contributed by atoms with Gasteiger partial charge in [-0.25, -0.2) is 0 Å². The van der Waals surface area contributed by atoms with Gasteiger partial charge in [0, 0.05) is 69.3 Å². The topological polar surface area (TPSA) is 73.0 Å². The van der Waals surface area contributed by atoms with Gasteiger partial charge in [0.05, 0.1) is 0 Å². The number of rotatable bonds is 4. The van der Waals surface area contributed by atoms with Gasteiger partial charge in [-0.15, -0.1) is 0 Å². The lowest BCUT2D eigenvalue weighted by Gasteiger charge is -2.41. The minimum atomic E-state index is -0.593. The van der Waals surface area contributed by atoms with E-state index in [0.717, 1.165) is 62.2 Å². The van der Waals surface area contributed by atoms with Crippen molar-refractivity contribution in [3.05, 3.63) is 34.9 Å². The summed E-state index contributed by atoms with van der Waals surface area (Å²) < 4.78 is 0. The van der Waals surface area contributed by atoms with Gasteiger partial charge in [-0.3, -0.25) is 29.5 Å². The van der Waals surface area contributed by atoms with Gasteiger partial charge >= 0.3 is 0 Å². The smallest absolute Gasteiger partial charge is 0.255 e. The van der Waals surface area contributed by atoms with Gasteiger partial charge in [-0.1, -0.05) is 24.8 Å². The summed E-state index contributed by atoms with van der Waals surface area (Å²) in [7, 11) is 0. The third-order valence-electron chi connectivity index (χ3n) is 8.27. The van der Waals surface area contributed by atoms with E-state index < -0.39 is 6.04 Å². The lowest BCUT2D eigenvalue weighted by Crippen LogP contribution is -2.52. The number of fused-ring (bicyclic) bond motifs is 1. The van der Waals surface area contributed by atoms with Crippen LogP contribution in [0.2, 0.25) is 0 Å². The molecule has 3 amide bonds. The van der Waals surface area contributed by atoms with Gasteiger partial charge in [-0.05, 0) is 55.7 Å². The van der Waals surface area contributed by atoms with Crippen LogP contribution in [0.3, 0.4) is 0 Å². The van der Waals surface area contributed by atoms with E-state index in [4.69, 9.17) is 0 Å². The van der Waals surface area contributed by atoms with E-state index in [0.29, 0.717) is 18.5 Å². The summed E-state index contributed by atoms with van der Waals surface area (Å²) in [5, 5.41) is 2.36. The molecule has 3 heterocycles. The predicted octanol–water partition coefficient (Wildman–Crippen LogP) is 2.39. The number of piperidine rings is 1. The Morgan fingerprint density at radius 3 is 2.51 bits per heavy atom. The number of hydrogen-bond acceptors (Lipinski definition) is 5. The molecule has 3 fully saturated rings.